The number of hydrogen-bond acceptors (Lipinski definition) is 2. The summed E-state index contributed by atoms with van der Waals surface area (Å²) in [5, 5.41) is 4.16. The smallest absolute Gasteiger partial charge is 0.164 e. The third-order valence-corrected chi connectivity index (χ3v) is 2.93. The molecule has 0 spiro atoms. The van der Waals surface area contributed by atoms with Crippen LogP contribution in [0.4, 0.5) is 11.5 Å². The van der Waals surface area contributed by atoms with Crippen molar-refractivity contribution in [1.29, 1.82) is 0 Å². The third-order valence-electron chi connectivity index (χ3n) is 2.93. The summed E-state index contributed by atoms with van der Waals surface area (Å²) in [6, 6.07) is 9.70. The number of fused-ring (bicyclic) bond motifs is 1. The Bertz CT molecular complexity index is 695. The van der Waals surface area contributed by atoms with Crippen LogP contribution in [0.5, 0.6) is 0 Å². The predicted molar refractivity (Wildman–Crippen MR) is 72.4 cm³/mol. The van der Waals surface area contributed by atoms with Gasteiger partial charge in [0.05, 0.1) is 11.3 Å². The van der Waals surface area contributed by atoms with Crippen molar-refractivity contribution in [3.8, 4) is 0 Å². The summed E-state index contributed by atoms with van der Waals surface area (Å²) in [6.07, 6.45) is 3.67. The van der Waals surface area contributed by atoms with Crippen LogP contribution in [0.1, 0.15) is 17.3 Å². The van der Waals surface area contributed by atoms with E-state index in [0.29, 0.717) is 5.56 Å². The van der Waals surface area contributed by atoms with Crippen LogP contribution < -0.4 is 5.32 Å². The van der Waals surface area contributed by atoms with E-state index in [2.05, 4.69) is 15.3 Å². The molecule has 0 fully saturated rings. The molecule has 2 aromatic heterocycles. The molecule has 0 aliphatic carbocycles. The number of hydrogen-bond donors (Lipinski definition) is 3. The molecule has 0 aliphatic rings. The minimum atomic E-state index is 0.0467. The number of rotatable bonds is 3. The summed E-state index contributed by atoms with van der Waals surface area (Å²) in [4.78, 5) is 18.0. The van der Waals surface area contributed by atoms with Gasteiger partial charge < -0.3 is 15.3 Å². The first-order valence-electron chi connectivity index (χ1n) is 5.77. The number of benzene rings is 1. The molecule has 0 atom stereocenters. The van der Waals surface area contributed by atoms with Gasteiger partial charge in [0, 0.05) is 23.3 Å². The van der Waals surface area contributed by atoms with E-state index in [1.807, 2.05) is 42.7 Å². The Morgan fingerprint density at radius 2 is 2.06 bits per heavy atom. The number of aromatic amines is 2. The van der Waals surface area contributed by atoms with Gasteiger partial charge in [0.15, 0.2) is 5.78 Å². The molecule has 1 aromatic carbocycles. The number of carbonyl (C=O) groups is 1. The minimum Gasteiger partial charge on any atom is -0.366 e. The Morgan fingerprint density at radius 1 is 1.22 bits per heavy atom. The zero-order valence-corrected chi connectivity index (χ0v) is 9.95. The van der Waals surface area contributed by atoms with Crippen molar-refractivity contribution < 1.29 is 4.79 Å². The van der Waals surface area contributed by atoms with E-state index in [4.69, 9.17) is 0 Å². The molecular formula is C14H13N3O. The highest BCUT2D eigenvalue weighted by molar-refractivity contribution is 6.12. The largest absolute Gasteiger partial charge is 0.366 e. The predicted octanol–water partition coefficient (Wildman–Crippen LogP) is 3.44. The van der Waals surface area contributed by atoms with Crippen LogP contribution in [-0.2, 0) is 0 Å². The van der Waals surface area contributed by atoms with Crippen LogP contribution in [0.3, 0.4) is 0 Å². The maximum Gasteiger partial charge on any atom is 0.164 e. The van der Waals surface area contributed by atoms with Gasteiger partial charge in [-0.25, -0.2) is 0 Å². The van der Waals surface area contributed by atoms with Gasteiger partial charge in [-0.2, -0.15) is 0 Å². The van der Waals surface area contributed by atoms with E-state index in [9.17, 15) is 4.79 Å². The highest BCUT2D eigenvalue weighted by atomic mass is 16.1. The van der Waals surface area contributed by atoms with Crippen molar-refractivity contribution >= 4 is 28.2 Å². The van der Waals surface area contributed by atoms with E-state index in [1.165, 1.54) is 0 Å². The number of aromatic nitrogens is 2. The summed E-state index contributed by atoms with van der Waals surface area (Å²) in [5.74, 6) is 0.786. The molecule has 0 bridgehead atoms. The topological polar surface area (TPSA) is 60.7 Å². The Morgan fingerprint density at radius 3 is 2.78 bits per heavy atom. The molecule has 3 rings (SSSR count). The van der Waals surface area contributed by atoms with Crippen LogP contribution in [0.2, 0.25) is 0 Å². The maximum absolute atomic E-state index is 11.8. The molecule has 0 saturated carbocycles. The minimum absolute atomic E-state index is 0.0467. The lowest BCUT2D eigenvalue weighted by Crippen LogP contribution is -1.97. The highest BCUT2D eigenvalue weighted by Gasteiger charge is 2.15. The number of anilines is 2. The van der Waals surface area contributed by atoms with Gasteiger partial charge in [0.1, 0.15) is 5.82 Å². The summed E-state index contributed by atoms with van der Waals surface area (Å²) < 4.78 is 0. The molecule has 3 aromatic rings. The van der Waals surface area contributed by atoms with E-state index in [0.717, 1.165) is 22.4 Å². The molecule has 3 N–H and O–H groups in total. The number of nitrogens with one attached hydrogen (secondary N) is 3. The number of ketones is 1. The molecule has 4 heteroatoms. The Kier molecular flexibility index (Phi) is 2.41. The van der Waals surface area contributed by atoms with Gasteiger partial charge >= 0.3 is 0 Å². The van der Waals surface area contributed by atoms with E-state index >= 15 is 0 Å². The lowest BCUT2D eigenvalue weighted by Gasteiger charge is -2.03. The molecule has 0 radical (unpaired) electrons. The normalized spacial score (nSPS) is 10.7. The lowest BCUT2D eigenvalue weighted by atomic mass is 10.1. The third kappa shape index (κ3) is 1.68. The Balaban J connectivity index is 2.16. The fourth-order valence-corrected chi connectivity index (χ4v) is 2.15. The molecular weight excluding hydrogens is 226 g/mol. The van der Waals surface area contributed by atoms with Crippen LogP contribution in [0.15, 0.2) is 42.7 Å². The van der Waals surface area contributed by atoms with Gasteiger partial charge in [0.25, 0.3) is 0 Å². The SMILES string of the molecule is CC(=O)c1c(Nc2cc[nH]c2)[nH]c2ccccc12. The van der Waals surface area contributed by atoms with Gasteiger partial charge in [-0.1, -0.05) is 18.2 Å². The standard InChI is InChI=1S/C14H13N3O/c1-9(18)13-11-4-2-3-5-12(11)17-14(13)16-10-6-7-15-8-10/h2-8,15-17H,1H3. The van der Waals surface area contributed by atoms with E-state index in [1.54, 1.807) is 6.92 Å². The van der Waals surface area contributed by atoms with Crippen molar-refractivity contribution in [2.75, 3.05) is 5.32 Å². The quantitative estimate of drug-likeness (QED) is 0.613. The lowest BCUT2D eigenvalue weighted by molar-refractivity contribution is 0.102. The molecule has 0 unspecified atom stereocenters. The summed E-state index contributed by atoms with van der Waals surface area (Å²) >= 11 is 0. The summed E-state index contributed by atoms with van der Waals surface area (Å²) in [6.45, 7) is 1.58. The fraction of sp³-hybridized carbons (Fsp3) is 0.0714. The number of H-pyrrole nitrogens is 2. The van der Waals surface area contributed by atoms with Gasteiger partial charge in [-0.05, 0) is 19.1 Å². The second-order valence-electron chi connectivity index (χ2n) is 4.20. The van der Waals surface area contributed by atoms with Gasteiger partial charge in [0.2, 0.25) is 0 Å². The van der Waals surface area contributed by atoms with Crippen LogP contribution in [0, 0.1) is 0 Å². The monoisotopic (exact) mass is 239 g/mol. The molecule has 0 aliphatic heterocycles. The summed E-state index contributed by atoms with van der Waals surface area (Å²) in [7, 11) is 0. The maximum atomic E-state index is 11.8. The Hall–Kier alpha value is -2.49. The average Bonchev–Trinajstić information content (AvgIpc) is 2.95. The molecule has 0 saturated heterocycles. The second kappa shape index (κ2) is 4.07. The van der Waals surface area contributed by atoms with Crippen LogP contribution >= 0.6 is 0 Å². The first kappa shape index (κ1) is 10.7. The molecule has 2 heterocycles. The van der Waals surface area contributed by atoms with Crippen molar-refractivity contribution in [1.82, 2.24) is 9.97 Å². The second-order valence-corrected chi connectivity index (χ2v) is 4.20. The van der Waals surface area contributed by atoms with Gasteiger partial charge in [-0.3, -0.25) is 4.79 Å². The van der Waals surface area contributed by atoms with Crippen LogP contribution in [-0.4, -0.2) is 15.8 Å². The average molecular weight is 239 g/mol. The molecule has 0 amide bonds. The van der Waals surface area contributed by atoms with E-state index < -0.39 is 0 Å². The van der Waals surface area contributed by atoms with Crippen molar-refractivity contribution in [2.45, 2.75) is 6.92 Å². The molecule has 90 valence electrons. The number of para-hydroxylation sites is 1. The van der Waals surface area contributed by atoms with E-state index in [-0.39, 0.29) is 5.78 Å². The highest BCUT2D eigenvalue weighted by Crippen LogP contribution is 2.28. The number of Topliss-reactive ketones (excluding diaryl/α,β-unsaturated/α-hetero) is 1. The van der Waals surface area contributed by atoms with Crippen molar-refractivity contribution in [3.63, 3.8) is 0 Å². The van der Waals surface area contributed by atoms with Crippen LogP contribution in [0.25, 0.3) is 10.9 Å². The number of carbonyl (C=O) groups excluding carboxylic acids is 1. The first-order chi connectivity index (χ1) is 8.75. The molecule has 18 heavy (non-hydrogen) atoms. The summed E-state index contributed by atoms with van der Waals surface area (Å²) in [5.41, 5.74) is 2.58. The molecule has 4 nitrogen and oxygen atoms in total. The first-order valence-corrected chi connectivity index (χ1v) is 5.77. The van der Waals surface area contributed by atoms with Crippen molar-refractivity contribution in [2.24, 2.45) is 0 Å². The zero-order valence-electron chi connectivity index (χ0n) is 9.95. The Labute approximate surface area is 104 Å². The fourth-order valence-electron chi connectivity index (χ4n) is 2.15. The van der Waals surface area contributed by atoms with Crippen molar-refractivity contribution in [3.05, 3.63) is 48.3 Å². The zero-order chi connectivity index (χ0) is 12.5. The van der Waals surface area contributed by atoms with Gasteiger partial charge in [-0.15, -0.1) is 0 Å².